The molecule has 1 N–H and O–H groups in total. The van der Waals surface area contributed by atoms with Gasteiger partial charge < -0.3 is 14.8 Å². The normalized spacial score (nSPS) is 20.7. The van der Waals surface area contributed by atoms with Crippen LogP contribution in [0.25, 0.3) is 16.7 Å². The van der Waals surface area contributed by atoms with E-state index in [1.54, 1.807) is 0 Å². The summed E-state index contributed by atoms with van der Waals surface area (Å²) < 4.78 is 3.93. The molecule has 4 aliphatic rings. The topological polar surface area (TPSA) is 83.6 Å². The summed E-state index contributed by atoms with van der Waals surface area (Å²) in [7, 11) is 2.03. The van der Waals surface area contributed by atoms with E-state index in [1.807, 2.05) is 36.1 Å². The smallest absolute Gasteiger partial charge is 0.261 e. The molecule has 2 saturated heterocycles. The van der Waals surface area contributed by atoms with Gasteiger partial charge in [0.05, 0.1) is 22.7 Å². The molecule has 1 aliphatic carbocycles. The molecule has 3 aromatic heterocycles. The molecule has 1 atom stereocenters. The zero-order valence-corrected chi connectivity index (χ0v) is 25.0. The minimum absolute atomic E-state index is 0.0259. The van der Waals surface area contributed by atoms with Crippen molar-refractivity contribution in [1.82, 2.24) is 24.0 Å². The van der Waals surface area contributed by atoms with Crippen molar-refractivity contribution >= 4 is 39.8 Å². The average molecular weight is 575 g/mol. The highest BCUT2D eigenvalue weighted by atomic mass is 16.1. The van der Waals surface area contributed by atoms with Gasteiger partial charge in [-0.3, -0.25) is 19.3 Å². The van der Waals surface area contributed by atoms with E-state index in [9.17, 15) is 4.79 Å². The van der Waals surface area contributed by atoms with Crippen LogP contribution in [-0.2, 0) is 13.6 Å². The van der Waals surface area contributed by atoms with Crippen molar-refractivity contribution in [3.8, 4) is 0 Å². The van der Waals surface area contributed by atoms with E-state index < -0.39 is 0 Å². The SMILES string of the molecule is CC1=C(c2cc3cnc(Nc4ccc(N5CCN6CCCC6C5)cc4)nc3n(CC3CC3)c2=O)N=C(c2cccn2C)C1. The predicted molar refractivity (Wildman–Crippen MR) is 172 cm³/mol. The Morgan fingerprint density at radius 3 is 2.70 bits per heavy atom. The molecule has 0 radical (unpaired) electrons. The second kappa shape index (κ2) is 10.5. The monoisotopic (exact) mass is 574 g/mol. The molecule has 8 rings (SSSR count). The lowest BCUT2D eigenvalue weighted by atomic mass is 10.1. The number of allylic oxidation sites excluding steroid dienone is 1. The maximum Gasteiger partial charge on any atom is 0.261 e. The van der Waals surface area contributed by atoms with E-state index in [0.29, 0.717) is 35.7 Å². The van der Waals surface area contributed by atoms with Crippen molar-refractivity contribution in [2.75, 3.05) is 36.4 Å². The van der Waals surface area contributed by atoms with Crippen LogP contribution >= 0.6 is 0 Å². The van der Waals surface area contributed by atoms with Crippen molar-refractivity contribution in [1.29, 1.82) is 0 Å². The fraction of sp³-hybridized carbons (Fsp3) is 0.412. The number of fused-ring (bicyclic) bond motifs is 2. The van der Waals surface area contributed by atoms with E-state index >= 15 is 0 Å². The van der Waals surface area contributed by atoms with Gasteiger partial charge >= 0.3 is 0 Å². The zero-order chi connectivity index (χ0) is 29.1. The molecule has 3 fully saturated rings. The van der Waals surface area contributed by atoms with Gasteiger partial charge in [-0.15, -0.1) is 0 Å². The van der Waals surface area contributed by atoms with Crippen LogP contribution < -0.4 is 15.8 Å². The third kappa shape index (κ3) is 4.95. The minimum atomic E-state index is -0.0259. The molecule has 6 heterocycles. The summed E-state index contributed by atoms with van der Waals surface area (Å²) in [6.45, 7) is 7.33. The molecule has 3 aliphatic heterocycles. The highest BCUT2D eigenvalue weighted by Gasteiger charge is 2.31. The molecule has 9 heteroatoms. The van der Waals surface area contributed by atoms with Crippen LogP contribution in [-0.4, -0.2) is 61.9 Å². The lowest BCUT2D eigenvalue weighted by molar-refractivity contribution is 0.231. The van der Waals surface area contributed by atoms with Gasteiger partial charge in [0.2, 0.25) is 5.95 Å². The number of piperazine rings is 1. The third-order valence-corrected chi connectivity index (χ3v) is 9.62. The number of aryl methyl sites for hydroxylation is 1. The quantitative estimate of drug-likeness (QED) is 0.327. The summed E-state index contributed by atoms with van der Waals surface area (Å²) in [5.74, 6) is 1.01. The molecule has 1 saturated carbocycles. The second-order valence-electron chi connectivity index (χ2n) is 12.7. The summed E-state index contributed by atoms with van der Waals surface area (Å²) >= 11 is 0. The molecule has 0 bridgehead atoms. The Bertz CT molecular complexity index is 1830. The van der Waals surface area contributed by atoms with E-state index in [4.69, 9.17) is 9.98 Å². The molecule has 0 spiro atoms. The Morgan fingerprint density at radius 2 is 1.91 bits per heavy atom. The van der Waals surface area contributed by atoms with Gasteiger partial charge in [0.15, 0.2) is 0 Å². The first-order valence-electron chi connectivity index (χ1n) is 15.7. The fourth-order valence-corrected chi connectivity index (χ4v) is 7.03. The maximum atomic E-state index is 14.0. The first-order chi connectivity index (χ1) is 21.0. The van der Waals surface area contributed by atoms with E-state index in [2.05, 4.69) is 61.9 Å². The number of benzene rings is 1. The number of aromatic nitrogens is 4. The molecular formula is C34H38N8O. The number of rotatable bonds is 7. The van der Waals surface area contributed by atoms with Gasteiger partial charge in [0.25, 0.3) is 5.56 Å². The van der Waals surface area contributed by atoms with Crippen molar-refractivity contribution in [2.24, 2.45) is 18.0 Å². The maximum absolute atomic E-state index is 14.0. The molecule has 1 aromatic carbocycles. The summed E-state index contributed by atoms with van der Waals surface area (Å²) in [5.41, 5.74) is 7.44. The molecule has 4 aromatic rings. The summed E-state index contributed by atoms with van der Waals surface area (Å²) in [5, 5.41) is 4.24. The summed E-state index contributed by atoms with van der Waals surface area (Å²) in [6, 6.07) is 15.3. The van der Waals surface area contributed by atoms with Crippen molar-refractivity contribution in [2.45, 2.75) is 51.6 Å². The summed E-state index contributed by atoms with van der Waals surface area (Å²) in [4.78, 5) is 33.7. The van der Waals surface area contributed by atoms with Crippen molar-refractivity contribution < 1.29 is 0 Å². The Kier molecular flexibility index (Phi) is 6.44. The van der Waals surface area contributed by atoms with Crippen LogP contribution in [0.2, 0.25) is 0 Å². The van der Waals surface area contributed by atoms with E-state index in [0.717, 1.165) is 72.6 Å². The van der Waals surface area contributed by atoms with Crippen LogP contribution in [0.3, 0.4) is 0 Å². The second-order valence-corrected chi connectivity index (χ2v) is 12.7. The van der Waals surface area contributed by atoms with Gasteiger partial charge in [-0.1, -0.05) is 0 Å². The highest BCUT2D eigenvalue weighted by molar-refractivity contribution is 6.07. The van der Waals surface area contributed by atoms with Gasteiger partial charge in [0, 0.05) is 74.8 Å². The van der Waals surface area contributed by atoms with E-state index in [-0.39, 0.29) is 5.56 Å². The van der Waals surface area contributed by atoms with Crippen LogP contribution in [0, 0.1) is 5.92 Å². The lowest BCUT2D eigenvalue weighted by Crippen LogP contribution is -2.50. The van der Waals surface area contributed by atoms with Crippen molar-refractivity contribution in [3.05, 3.63) is 82.0 Å². The molecule has 1 unspecified atom stereocenters. The van der Waals surface area contributed by atoms with Crippen LogP contribution in [0.1, 0.15) is 50.3 Å². The number of aliphatic imine (C=N–C) groups is 1. The van der Waals surface area contributed by atoms with Gasteiger partial charge in [-0.05, 0) is 93.1 Å². The summed E-state index contributed by atoms with van der Waals surface area (Å²) in [6.07, 6.45) is 9.52. The predicted octanol–water partition coefficient (Wildman–Crippen LogP) is 5.19. The third-order valence-electron chi connectivity index (χ3n) is 9.62. The van der Waals surface area contributed by atoms with Crippen LogP contribution in [0.4, 0.5) is 17.3 Å². The lowest BCUT2D eigenvalue weighted by Gasteiger charge is -2.38. The minimum Gasteiger partial charge on any atom is -0.369 e. The standard InChI is InChI=1S/C34H38N8O/c1-22-17-29(30-6-4-13-39(30)2)37-31(22)28-18-24-19-35-34(38-32(24)42(33(28)43)20-23-7-8-23)36-25-9-11-26(12-10-25)41-16-15-40-14-3-5-27(40)21-41/h4,6,9-13,18-19,23,27H,3,5,7-8,14-17,20-21H2,1-2H3,(H,35,36,38). The van der Waals surface area contributed by atoms with Gasteiger partial charge in [0.1, 0.15) is 5.65 Å². The van der Waals surface area contributed by atoms with Gasteiger partial charge in [-0.2, -0.15) is 4.98 Å². The molecule has 220 valence electrons. The molecular weight excluding hydrogens is 536 g/mol. The number of hydrogen-bond acceptors (Lipinski definition) is 7. The Morgan fingerprint density at radius 1 is 1.05 bits per heavy atom. The Balaban J connectivity index is 1.08. The number of hydrogen-bond donors (Lipinski definition) is 1. The number of anilines is 3. The van der Waals surface area contributed by atoms with Gasteiger partial charge in [-0.25, -0.2) is 4.98 Å². The number of pyridine rings is 1. The largest absolute Gasteiger partial charge is 0.369 e. The Labute approximate surface area is 251 Å². The fourth-order valence-electron chi connectivity index (χ4n) is 7.03. The molecule has 9 nitrogen and oxygen atoms in total. The molecule has 0 amide bonds. The van der Waals surface area contributed by atoms with Crippen LogP contribution in [0.5, 0.6) is 0 Å². The van der Waals surface area contributed by atoms with Crippen LogP contribution in [0.15, 0.2) is 70.2 Å². The number of nitrogens with one attached hydrogen (secondary N) is 1. The van der Waals surface area contributed by atoms with E-state index in [1.165, 1.54) is 25.1 Å². The zero-order valence-electron chi connectivity index (χ0n) is 25.0. The number of nitrogens with zero attached hydrogens (tertiary/aromatic N) is 7. The first-order valence-corrected chi connectivity index (χ1v) is 15.7. The molecule has 43 heavy (non-hydrogen) atoms. The Hall–Kier alpha value is -4.24. The van der Waals surface area contributed by atoms with Crippen molar-refractivity contribution in [3.63, 3.8) is 0 Å². The average Bonchev–Trinajstić information content (AvgIpc) is 3.34. The first kappa shape index (κ1) is 26.4. The highest BCUT2D eigenvalue weighted by Crippen LogP contribution is 2.34.